The first-order valence-electron chi connectivity index (χ1n) is 7.93. The summed E-state index contributed by atoms with van der Waals surface area (Å²) < 4.78 is 6.52. The lowest BCUT2D eigenvalue weighted by molar-refractivity contribution is -0.150. The number of carbonyl (C=O) groups excluding carboxylic acids is 2. The fraction of sp³-hybridized carbons (Fsp3) is 0.474. The molecule has 0 radical (unpaired) electrons. The Morgan fingerprint density at radius 2 is 2.08 bits per heavy atom. The third kappa shape index (κ3) is 3.99. The Hall–Kier alpha value is -0.940. The lowest BCUT2D eigenvalue weighted by atomic mass is 10.1. The number of esters is 1. The molecule has 1 unspecified atom stereocenters. The standard InChI is InChI=1S/C19H22Br2O3/c1-5-7-12-11(2)15(10-14(12)22)24-18(23)17-13(19(17,3)4)8-6-9-16(20)21/h5-6,8-9,13,15,17H,1,7,10H2,2-4H3/t13-,15?,17+/m1/s1. The smallest absolute Gasteiger partial charge is 0.310 e. The van der Waals surface area contributed by atoms with Crippen LogP contribution in [-0.4, -0.2) is 17.9 Å². The molecule has 0 heterocycles. The molecule has 5 heteroatoms. The molecular formula is C19H22Br2O3. The highest BCUT2D eigenvalue weighted by Gasteiger charge is 2.61. The highest BCUT2D eigenvalue weighted by Crippen LogP contribution is 2.59. The molecule has 1 saturated carbocycles. The summed E-state index contributed by atoms with van der Waals surface area (Å²) in [6.07, 6.45) is 7.91. The van der Waals surface area contributed by atoms with Gasteiger partial charge in [0.25, 0.3) is 0 Å². The molecule has 24 heavy (non-hydrogen) atoms. The third-order valence-electron chi connectivity index (χ3n) is 4.98. The van der Waals surface area contributed by atoms with Crippen molar-refractivity contribution in [2.24, 2.45) is 17.3 Å². The van der Waals surface area contributed by atoms with Crippen LogP contribution in [0.15, 0.2) is 45.4 Å². The number of Topliss-reactive ketones (excluding diaryl/α,β-unsaturated/α-hetero) is 1. The summed E-state index contributed by atoms with van der Waals surface area (Å²) in [4.78, 5) is 24.6. The zero-order chi connectivity index (χ0) is 18.1. The Balaban J connectivity index is 2.03. The first-order valence-corrected chi connectivity index (χ1v) is 9.52. The molecule has 0 saturated heterocycles. The first-order chi connectivity index (χ1) is 11.2. The van der Waals surface area contributed by atoms with Gasteiger partial charge in [0.2, 0.25) is 0 Å². The van der Waals surface area contributed by atoms with E-state index in [2.05, 4.69) is 52.3 Å². The van der Waals surface area contributed by atoms with Crippen LogP contribution < -0.4 is 0 Å². The van der Waals surface area contributed by atoms with Gasteiger partial charge in [-0.05, 0) is 68.2 Å². The van der Waals surface area contributed by atoms with Crippen molar-refractivity contribution in [2.45, 2.75) is 39.7 Å². The van der Waals surface area contributed by atoms with Crippen molar-refractivity contribution in [1.29, 1.82) is 0 Å². The fourth-order valence-electron chi connectivity index (χ4n) is 3.36. The van der Waals surface area contributed by atoms with E-state index in [9.17, 15) is 9.59 Å². The van der Waals surface area contributed by atoms with Crippen molar-refractivity contribution >= 4 is 43.6 Å². The van der Waals surface area contributed by atoms with Gasteiger partial charge in [0.05, 0.1) is 15.7 Å². The van der Waals surface area contributed by atoms with Gasteiger partial charge in [0.15, 0.2) is 5.78 Å². The largest absolute Gasteiger partial charge is 0.457 e. The minimum atomic E-state index is -0.419. The van der Waals surface area contributed by atoms with E-state index < -0.39 is 6.10 Å². The number of ketones is 1. The maximum Gasteiger partial charge on any atom is 0.310 e. The van der Waals surface area contributed by atoms with Crippen LogP contribution >= 0.6 is 31.9 Å². The molecule has 0 aliphatic heterocycles. The summed E-state index contributed by atoms with van der Waals surface area (Å²) in [7, 11) is 0. The van der Waals surface area contributed by atoms with Crippen LogP contribution in [0.5, 0.6) is 0 Å². The predicted molar refractivity (Wildman–Crippen MR) is 103 cm³/mol. The van der Waals surface area contributed by atoms with E-state index >= 15 is 0 Å². The predicted octanol–water partition coefficient (Wildman–Crippen LogP) is 5.22. The zero-order valence-electron chi connectivity index (χ0n) is 14.1. The molecular weight excluding hydrogens is 436 g/mol. The van der Waals surface area contributed by atoms with Gasteiger partial charge in [-0.2, -0.15) is 0 Å². The monoisotopic (exact) mass is 456 g/mol. The van der Waals surface area contributed by atoms with Crippen molar-refractivity contribution in [1.82, 2.24) is 0 Å². The number of hydrogen-bond acceptors (Lipinski definition) is 3. The van der Waals surface area contributed by atoms with Gasteiger partial charge < -0.3 is 4.74 Å². The van der Waals surface area contributed by atoms with Crippen molar-refractivity contribution in [3.63, 3.8) is 0 Å². The second-order valence-electron chi connectivity index (χ2n) is 6.87. The molecule has 0 N–H and O–H groups in total. The number of carbonyl (C=O) groups is 2. The second kappa shape index (κ2) is 7.52. The molecule has 0 amide bonds. The van der Waals surface area contributed by atoms with Crippen molar-refractivity contribution in [3.05, 3.63) is 45.4 Å². The molecule has 0 aromatic heterocycles. The summed E-state index contributed by atoms with van der Waals surface area (Å²) in [6.45, 7) is 9.67. The molecule has 0 aromatic carbocycles. The third-order valence-corrected chi connectivity index (χ3v) is 5.51. The molecule has 1 fully saturated rings. The molecule has 0 spiro atoms. The van der Waals surface area contributed by atoms with E-state index in [4.69, 9.17) is 4.74 Å². The number of allylic oxidation sites excluding steroid dienone is 5. The van der Waals surface area contributed by atoms with Crippen LogP contribution in [0.25, 0.3) is 0 Å². The topological polar surface area (TPSA) is 43.4 Å². The number of halogens is 2. The SMILES string of the molecule is C=CCC1=C(C)C(OC(=O)[C@@H]2[C@@H](C=CC=C(Br)Br)C2(C)C)CC1=O. The average molecular weight is 458 g/mol. The molecule has 3 atom stereocenters. The molecule has 0 bridgehead atoms. The Morgan fingerprint density at radius 3 is 2.67 bits per heavy atom. The van der Waals surface area contributed by atoms with Crippen LogP contribution in [-0.2, 0) is 14.3 Å². The van der Waals surface area contributed by atoms with Crippen molar-refractivity contribution in [2.75, 3.05) is 0 Å². The lowest BCUT2D eigenvalue weighted by Gasteiger charge is -2.13. The molecule has 2 rings (SSSR count). The van der Waals surface area contributed by atoms with Gasteiger partial charge in [-0.25, -0.2) is 0 Å². The molecule has 3 nitrogen and oxygen atoms in total. The number of ether oxygens (including phenoxy) is 1. The van der Waals surface area contributed by atoms with Gasteiger partial charge >= 0.3 is 5.97 Å². The Bertz CT molecular complexity index is 652. The molecule has 2 aliphatic rings. The highest BCUT2D eigenvalue weighted by atomic mass is 79.9. The second-order valence-corrected chi connectivity index (χ2v) is 9.65. The minimum absolute atomic E-state index is 0.0593. The normalized spacial score (nSPS) is 28.2. The van der Waals surface area contributed by atoms with E-state index in [1.54, 1.807) is 6.08 Å². The van der Waals surface area contributed by atoms with Crippen LogP contribution in [0.1, 0.15) is 33.6 Å². The van der Waals surface area contributed by atoms with E-state index in [1.165, 1.54) is 0 Å². The summed E-state index contributed by atoms with van der Waals surface area (Å²) >= 11 is 6.59. The average Bonchev–Trinajstić information content (AvgIpc) is 2.93. The maximum absolute atomic E-state index is 12.6. The summed E-state index contributed by atoms with van der Waals surface area (Å²) in [5.74, 6) is -0.171. The van der Waals surface area contributed by atoms with Crippen molar-refractivity contribution < 1.29 is 14.3 Å². The van der Waals surface area contributed by atoms with Gasteiger partial charge in [0.1, 0.15) is 6.10 Å². The van der Waals surface area contributed by atoms with Gasteiger partial charge in [0, 0.05) is 5.57 Å². The Labute approximate surface area is 160 Å². The van der Waals surface area contributed by atoms with Gasteiger partial charge in [-0.3, -0.25) is 9.59 Å². The summed E-state index contributed by atoms with van der Waals surface area (Å²) in [5, 5.41) is 0. The molecule has 130 valence electrons. The van der Waals surface area contributed by atoms with E-state index in [-0.39, 0.29) is 35.4 Å². The number of hydrogen-bond donors (Lipinski definition) is 0. The van der Waals surface area contributed by atoms with E-state index in [0.29, 0.717) is 6.42 Å². The maximum atomic E-state index is 12.6. The van der Waals surface area contributed by atoms with Crippen LogP contribution in [0.2, 0.25) is 0 Å². The Morgan fingerprint density at radius 1 is 1.42 bits per heavy atom. The van der Waals surface area contributed by atoms with Crippen LogP contribution in [0.4, 0.5) is 0 Å². The molecule has 2 aliphatic carbocycles. The number of rotatable bonds is 6. The van der Waals surface area contributed by atoms with Crippen LogP contribution in [0, 0.1) is 17.3 Å². The van der Waals surface area contributed by atoms with Gasteiger partial charge in [-0.15, -0.1) is 6.58 Å². The molecule has 0 aromatic rings. The van der Waals surface area contributed by atoms with Gasteiger partial charge in [-0.1, -0.05) is 32.1 Å². The van der Waals surface area contributed by atoms with Crippen molar-refractivity contribution in [3.8, 4) is 0 Å². The van der Waals surface area contributed by atoms with Crippen LogP contribution in [0.3, 0.4) is 0 Å². The zero-order valence-corrected chi connectivity index (χ0v) is 17.3. The summed E-state index contributed by atoms with van der Waals surface area (Å²) in [6, 6.07) is 0. The van der Waals surface area contributed by atoms with E-state index in [1.807, 2.05) is 25.2 Å². The lowest BCUT2D eigenvalue weighted by Crippen LogP contribution is -2.20. The highest BCUT2D eigenvalue weighted by molar-refractivity contribution is 9.28. The summed E-state index contributed by atoms with van der Waals surface area (Å²) in [5.41, 5.74) is 1.48. The minimum Gasteiger partial charge on any atom is -0.457 e. The quantitative estimate of drug-likeness (QED) is 0.312. The fourth-order valence-corrected chi connectivity index (χ4v) is 3.66. The first kappa shape index (κ1) is 19.4. The Kier molecular flexibility index (Phi) is 6.08. The van der Waals surface area contributed by atoms with E-state index in [0.717, 1.165) is 14.5 Å².